The van der Waals surface area contributed by atoms with Crippen LogP contribution in [0.5, 0.6) is 0 Å². The Labute approximate surface area is 138 Å². The maximum absolute atomic E-state index is 14.0. The Morgan fingerprint density at radius 1 is 0.800 bits per heavy atom. The van der Waals surface area contributed by atoms with Crippen molar-refractivity contribution >= 4 is 17.3 Å². The number of ketones is 2. The molecule has 1 aliphatic rings. The van der Waals surface area contributed by atoms with E-state index in [1.165, 1.54) is 24.3 Å². The van der Waals surface area contributed by atoms with Crippen molar-refractivity contribution in [1.82, 2.24) is 0 Å². The van der Waals surface area contributed by atoms with Gasteiger partial charge in [0, 0.05) is 22.3 Å². The first-order valence-corrected chi connectivity index (χ1v) is 7.09. The summed E-state index contributed by atoms with van der Waals surface area (Å²) in [7, 11) is 0. The van der Waals surface area contributed by atoms with Crippen LogP contribution in [0.1, 0.15) is 43.8 Å². The predicted molar refractivity (Wildman–Crippen MR) is 78.7 cm³/mol. The van der Waals surface area contributed by atoms with E-state index < -0.39 is 46.9 Å². The van der Waals surface area contributed by atoms with Gasteiger partial charge in [-0.15, -0.1) is 0 Å². The summed E-state index contributed by atoms with van der Waals surface area (Å²) in [5.41, 5.74) is 3.05. The second-order valence-electron chi connectivity index (χ2n) is 5.65. The minimum atomic E-state index is -5.13. The minimum absolute atomic E-state index is 0.0250. The van der Waals surface area contributed by atoms with E-state index in [2.05, 4.69) is 0 Å². The van der Waals surface area contributed by atoms with Gasteiger partial charge in [0.1, 0.15) is 6.42 Å². The number of anilines is 1. The van der Waals surface area contributed by atoms with Crippen molar-refractivity contribution in [3.8, 4) is 0 Å². The Bertz CT molecular complexity index is 902. The number of halogens is 5. The highest BCUT2D eigenvalue weighted by Gasteiger charge is 2.47. The van der Waals surface area contributed by atoms with E-state index >= 15 is 0 Å². The van der Waals surface area contributed by atoms with Crippen LogP contribution in [0.2, 0.25) is 0 Å². The predicted octanol–water partition coefficient (Wildman–Crippen LogP) is 4.09. The van der Waals surface area contributed by atoms with Crippen molar-refractivity contribution in [3.05, 3.63) is 64.2 Å². The Morgan fingerprint density at radius 3 is 1.92 bits per heavy atom. The van der Waals surface area contributed by atoms with E-state index in [1.54, 1.807) is 0 Å². The van der Waals surface area contributed by atoms with E-state index in [1.807, 2.05) is 0 Å². The Hall–Kier alpha value is -2.77. The molecule has 0 spiro atoms. The molecule has 8 heteroatoms. The quantitative estimate of drug-likeness (QED) is 0.556. The number of rotatable bonds is 2. The molecule has 0 saturated carbocycles. The molecule has 25 heavy (non-hydrogen) atoms. The van der Waals surface area contributed by atoms with Crippen LogP contribution in [-0.2, 0) is 5.92 Å². The van der Waals surface area contributed by atoms with Crippen molar-refractivity contribution in [2.45, 2.75) is 18.5 Å². The van der Waals surface area contributed by atoms with Crippen LogP contribution < -0.4 is 5.73 Å². The van der Waals surface area contributed by atoms with Crippen molar-refractivity contribution in [2.75, 3.05) is 5.73 Å². The van der Waals surface area contributed by atoms with Gasteiger partial charge in [0.15, 0.2) is 11.6 Å². The SMILES string of the molecule is Nc1c(C(F)(F)CC(F)(F)F)ccc2c1C(=O)c1ccccc1C2=O. The smallest absolute Gasteiger partial charge is 0.395 e. The van der Waals surface area contributed by atoms with E-state index in [9.17, 15) is 31.5 Å². The minimum Gasteiger partial charge on any atom is -0.398 e. The van der Waals surface area contributed by atoms with Gasteiger partial charge in [0.25, 0.3) is 5.92 Å². The average Bonchev–Trinajstić information content (AvgIpc) is 2.49. The number of nitrogen functional groups attached to an aromatic ring is 1. The Morgan fingerprint density at radius 2 is 1.36 bits per heavy atom. The number of benzene rings is 2. The van der Waals surface area contributed by atoms with Gasteiger partial charge in [0.2, 0.25) is 0 Å². The number of hydrogen-bond acceptors (Lipinski definition) is 3. The highest BCUT2D eigenvalue weighted by atomic mass is 19.4. The zero-order valence-corrected chi connectivity index (χ0v) is 12.5. The summed E-state index contributed by atoms with van der Waals surface area (Å²) in [4.78, 5) is 25.0. The second-order valence-corrected chi connectivity index (χ2v) is 5.65. The summed E-state index contributed by atoms with van der Waals surface area (Å²) in [6, 6.07) is 7.33. The molecule has 1 aliphatic carbocycles. The number of fused-ring (bicyclic) bond motifs is 2. The van der Waals surface area contributed by atoms with E-state index in [-0.39, 0.29) is 16.7 Å². The van der Waals surface area contributed by atoms with Crippen molar-refractivity contribution in [2.24, 2.45) is 0 Å². The van der Waals surface area contributed by atoms with Crippen molar-refractivity contribution in [3.63, 3.8) is 0 Å². The summed E-state index contributed by atoms with van der Waals surface area (Å²) < 4.78 is 65.2. The molecule has 0 heterocycles. The molecule has 0 aliphatic heterocycles. The van der Waals surface area contributed by atoms with E-state index in [0.717, 1.165) is 6.07 Å². The van der Waals surface area contributed by atoms with Crippen LogP contribution in [0, 0.1) is 0 Å². The van der Waals surface area contributed by atoms with Crippen LogP contribution in [-0.4, -0.2) is 17.7 Å². The van der Waals surface area contributed by atoms with Gasteiger partial charge in [-0.05, 0) is 6.07 Å². The van der Waals surface area contributed by atoms with Gasteiger partial charge >= 0.3 is 6.18 Å². The third-order valence-corrected chi connectivity index (χ3v) is 3.95. The van der Waals surface area contributed by atoms with Gasteiger partial charge in [-0.25, -0.2) is 8.78 Å². The number of hydrogen-bond donors (Lipinski definition) is 1. The number of alkyl halides is 5. The monoisotopic (exact) mass is 355 g/mol. The highest BCUT2D eigenvalue weighted by Crippen LogP contribution is 2.44. The number of nitrogens with two attached hydrogens (primary N) is 1. The second kappa shape index (κ2) is 5.37. The Balaban J connectivity index is 2.18. The molecule has 2 aromatic rings. The largest absolute Gasteiger partial charge is 0.398 e. The van der Waals surface area contributed by atoms with E-state index in [4.69, 9.17) is 5.73 Å². The molecule has 0 radical (unpaired) electrons. The molecule has 130 valence electrons. The molecular formula is C17H10F5NO2. The van der Waals surface area contributed by atoms with E-state index in [0.29, 0.717) is 6.07 Å². The third-order valence-electron chi connectivity index (χ3n) is 3.95. The summed E-state index contributed by atoms with van der Waals surface area (Å²) in [6.45, 7) is 0. The summed E-state index contributed by atoms with van der Waals surface area (Å²) in [5.74, 6) is -5.69. The molecule has 0 saturated heterocycles. The van der Waals surface area contributed by atoms with Gasteiger partial charge in [-0.3, -0.25) is 9.59 Å². The van der Waals surface area contributed by atoms with Crippen molar-refractivity contribution in [1.29, 1.82) is 0 Å². The lowest BCUT2D eigenvalue weighted by Gasteiger charge is -2.24. The molecule has 0 bridgehead atoms. The zero-order valence-electron chi connectivity index (χ0n) is 12.5. The van der Waals surface area contributed by atoms with Crippen LogP contribution in [0.15, 0.2) is 36.4 Å². The third kappa shape index (κ3) is 2.77. The maximum atomic E-state index is 14.0. The fourth-order valence-electron chi connectivity index (χ4n) is 2.88. The average molecular weight is 355 g/mol. The first kappa shape index (κ1) is 17.1. The summed E-state index contributed by atoms with van der Waals surface area (Å²) in [5, 5.41) is 0. The molecule has 3 rings (SSSR count). The standard InChI is InChI=1S/C17H10F5NO2/c18-16(19,7-17(20,21)22)11-6-5-10-12(13(11)23)15(25)9-4-2-1-3-8(9)14(10)24/h1-6H,7,23H2. The Kier molecular flexibility index (Phi) is 3.66. The summed E-state index contributed by atoms with van der Waals surface area (Å²) >= 11 is 0. The maximum Gasteiger partial charge on any atom is 0.395 e. The lowest BCUT2D eigenvalue weighted by atomic mass is 9.81. The number of carbonyl (C=O) groups excluding carboxylic acids is 2. The molecule has 2 aromatic carbocycles. The molecular weight excluding hydrogens is 345 g/mol. The molecule has 0 atom stereocenters. The van der Waals surface area contributed by atoms with Crippen molar-refractivity contribution < 1.29 is 31.5 Å². The van der Waals surface area contributed by atoms with Crippen LogP contribution in [0.25, 0.3) is 0 Å². The van der Waals surface area contributed by atoms with Crippen LogP contribution >= 0.6 is 0 Å². The lowest BCUT2D eigenvalue weighted by Crippen LogP contribution is -2.28. The summed E-state index contributed by atoms with van der Waals surface area (Å²) in [6.07, 6.45) is -7.54. The molecule has 0 aromatic heterocycles. The molecule has 0 amide bonds. The van der Waals surface area contributed by atoms with Gasteiger partial charge in [0.05, 0.1) is 11.3 Å². The fraction of sp³-hybridized carbons (Fsp3) is 0.176. The lowest BCUT2D eigenvalue weighted by molar-refractivity contribution is -0.190. The van der Waals surface area contributed by atoms with Gasteiger partial charge < -0.3 is 5.73 Å². The van der Waals surface area contributed by atoms with Crippen LogP contribution in [0.4, 0.5) is 27.6 Å². The van der Waals surface area contributed by atoms with Gasteiger partial charge in [-0.2, -0.15) is 13.2 Å². The normalized spacial score (nSPS) is 14.3. The molecule has 0 fully saturated rings. The molecule has 3 nitrogen and oxygen atoms in total. The fourth-order valence-corrected chi connectivity index (χ4v) is 2.88. The first-order valence-electron chi connectivity index (χ1n) is 7.09. The topological polar surface area (TPSA) is 60.2 Å². The highest BCUT2D eigenvalue weighted by molar-refractivity contribution is 6.30. The zero-order chi connectivity index (χ0) is 18.6. The molecule has 2 N–H and O–H groups in total. The van der Waals surface area contributed by atoms with Gasteiger partial charge in [-0.1, -0.05) is 30.3 Å². The molecule has 0 unspecified atom stereocenters. The first-order chi connectivity index (χ1) is 11.5. The number of carbonyl (C=O) groups is 2. The van der Waals surface area contributed by atoms with Crippen LogP contribution in [0.3, 0.4) is 0 Å².